The maximum atomic E-state index is 11.8. The highest BCUT2D eigenvalue weighted by Crippen LogP contribution is 2.23. The van der Waals surface area contributed by atoms with Crippen molar-refractivity contribution in [3.8, 4) is 0 Å². The maximum absolute atomic E-state index is 11.8. The van der Waals surface area contributed by atoms with Gasteiger partial charge in [-0.05, 0) is 13.0 Å². The summed E-state index contributed by atoms with van der Waals surface area (Å²) in [5.41, 5.74) is 0.466. The predicted octanol–water partition coefficient (Wildman–Crippen LogP) is -0.725. The molecule has 3 heterocycles. The Morgan fingerprint density at radius 3 is 2.82 bits per heavy atom. The van der Waals surface area contributed by atoms with Gasteiger partial charge >= 0.3 is 0 Å². The van der Waals surface area contributed by atoms with E-state index >= 15 is 0 Å². The minimum Gasteiger partial charge on any atom is -0.316 e. The lowest BCUT2D eigenvalue weighted by Crippen LogP contribution is -2.20. The standard InChI is InChI=1S/C10H13N3O3S/c14-10-7-4-17(15,16)5-8(7)12-9(13-10)6-1-2-11-3-6/h6,11H,1-5H2,(H,12,13,14). The molecule has 0 spiro atoms. The van der Waals surface area contributed by atoms with E-state index in [0.717, 1.165) is 19.5 Å². The third-order valence-electron chi connectivity index (χ3n) is 3.29. The lowest BCUT2D eigenvalue weighted by atomic mass is 10.1. The zero-order valence-electron chi connectivity index (χ0n) is 9.19. The number of fused-ring (bicyclic) bond motifs is 1. The summed E-state index contributed by atoms with van der Waals surface area (Å²) in [4.78, 5) is 18.8. The van der Waals surface area contributed by atoms with E-state index in [1.54, 1.807) is 0 Å². The Morgan fingerprint density at radius 1 is 1.29 bits per heavy atom. The number of hydrogen-bond acceptors (Lipinski definition) is 5. The van der Waals surface area contributed by atoms with Gasteiger partial charge in [0.2, 0.25) is 0 Å². The van der Waals surface area contributed by atoms with Gasteiger partial charge in [-0.15, -0.1) is 0 Å². The SMILES string of the molecule is O=c1[nH]c(C2CCNC2)nc2c1CS(=O)(=O)C2. The Labute approximate surface area is 98.4 Å². The van der Waals surface area contributed by atoms with E-state index in [-0.39, 0.29) is 23.0 Å². The van der Waals surface area contributed by atoms with Crippen molar-refractivity contribution in [1.29, 1.82) is 0 Å². The van der Waals surface area contributed by atoms with Crippen molar-refractivity contribution in [3.05, 3.63) is 27.4 Å². The molecule has 2 aliphatic heterocycles. The van der Waals surface area contributed by atoms with Crippen LogP contribution >= 0.6 is 0 Å². The van der Waals surface area contributed by atoms with Crippen LogP contribution in [0.3, 0.4) is 0 Å². The van der Waals surface area contributed by atoms with Crippen LogP contribution in [0.15, 0.2) is 4.79 Å². The minimum atomic E-state index is -3.17. The van der Waals surface area contributed by atoms with Crippen LogP contribution in [-0.4, -0.2) is 31.5 Å². The fourth-order valence-electron chi connectivity index (χ4n) is 2.39. The first kappa shape index (κ1) is 10.9. The molecule has 0 saturated carbocycles. The third-order valence-corrected chi connectivity index (χ3v) is 4.73. The van der Waals surface area contributed by atoms with Gasteiger partial charge in [-0.2, -0.15) is 0 Å². The van der Waals surface area contributed by atoms with Crippen LogP contribution in [0.25, 0.3) is 0 Å². The molecule has 17 heavy (non-hydrogen) atoms. The molecular formula is C10H13N3O3S. The van der Waals surface area contributed by atoms with E-state index in [2.05, 4.69) is 15.3 Å². The van der Waals surface area contributed by atoms with Gasteiger partial charge in [0.25, 0.3) is 5.56 Å². The zero-order valence-corrected chi connectivity index (χ0v) is 10.0. The molecule has 6 nitrogen and oxygen atoms in total. The number of aromatic nitrogens is 2. The largest absolute Gasteiger partial charge is 0.316 e. The summed E-state index contributed by atoms with van der Waals surface area (Å²) in [5, 5.41) is 3.19. The topological polar surface area (TPSA) is 91.9 Å². The van der Waals surface area contributed by atoms with Gasteiger partial charge in [0.15, 0.2) is 9.84 Å². The maximum Gasteiger partial charge on any atom is 0.255 e. The van der Waals surface area contributed by atoms with Gasteiger partial charge in [0.1, 0.15) is 5.82 Å². The lowest BCUT2D eigenvalue weighted by molar-refractivity contribution is 0.597. The van der Waals surface area contributed by atoms with Crippen molar-refractivity contribution in [2.24, 2.45) is 0 Å². The van der Waals surface area contributed by atoms with Gasteiger partial charge in [0.05, 0.1) is 22.8 Å². The quantitative estimate of drug-likeness (QED) is 0.690. The molecule has 0 aromatic carbocycles. The smallest absolute Gasteiger partial charge is 0.255 e. The van der Waals surface area contributed by atoms with Gasteiger partial charge in [-0.25, -0.2) is 13.4 Å². The molecule has 2 aliphatic rings. The van der Waals surface area contributed by atoms with Crippen molar-refractivity contribution in [2.45, 2.75) is 23.8 Å². The molecule has 0 radical (unpaired) electrons. The van der Waals surface area contributed by atoms with Gasteiger partial charge in [0, 0.05) is 12.5 Å². The second-order valence-electron chi connectivity index (χ2n) is 4.60. The predicted molar refractivity (Wildman–Crippen MR) is 61.4 cm³/mol. The second-order valence-corrected chi connectivity index (χ2v) is 6.66. The molecule has 92 valence electrons. The summed E-state index contributed by atoms with van der Waals surface area (Å²) >= 11 is 0. The van der Waals surface area contributed by atoms with Crippen LogP contribution in [0, 0.1) is 0 Å². The molecule has 1 atom stereocenters. The highest BCUT2D eigenvalue weighted by Gasteiger charge is 2.30. The van der Waals surface area contributed by atoms with Crippen LogP contribution in [0.1, 0.15) is 29.4 Å². The van der Waals surface area contributed by atoms with E-state index in [4.69, 9.17) is 0 Å². The molecule has 2 N–H and O–H groups in total. The van der Waals surface area contributed by atoms with Crippen molar-refractivity contribution >= 4 is 9.84 Å². The molecule has 1 saturated heterocycles. The Balaban J connectivity index is 2.06. The van der Waals surface area contributed by atoms with E-state index in [0.29, 0.717) is 17.1 Å². The number of rotatable bonds is 1. The summed E-state index contributed by atoms with van der Waals surface area (Å²) < 4.78 is 22.9. The normalized spacial score (nSPS) is 26.0. The van der Waals surface area contributed by atoms with E-state index in [9.17, 15) is 13.2 Å². The first-order valence-electron chi connectivity index (χ1n) is 5.58. The van der Waals surface area contributed by atoms with Crippen LogP contribution < -0.4 is 10.9 Å². The molecular weight excluding hydrogens is 242 g/mol. The summed E-state index contributed by atoms with van der Waals surface area (Å²) in [6, 6.07) is 0. The molecule has 0 aliphatic carbocycles. The average Bonchev–Trinajstić information content (AvgIpc) is 2.83. The summed E-state index contributed by atoms with van der Waals surface area (Å²) in [6.45, 7) is 1.69. The number of aromatic amines is 1. The van der Waals surface area contributed by atoms with E-state index in [1.165, 1.54) is 0 Å². The monoisotopic (exact) mass is 255 g/mol. The Morgan fingerprint density at radius 2 is 2.12 bits per heavy atom. The molecule has 0 bridgehead atoms. The second kappa shape index (κ2) is 3.64. The van der Waals surface area contributed by atoms with Crippen molar-refractivity contribution < 1.29 is 8.42 Å². The lowest BCUT2D eigenvalue weighted by Gasteiger charge is -2.08. The van der Waals surface area contributed by atoms with Crippen LogP contribution in [0.2, 0.25) is 0 Å². The Hall–Kier alpha value is -1.21. The summed E-state index contributed by atoms with van der Waals surface area (Å²) in [5.74, 6) is 0.542. The molecule has 0 amide bonds. The van der Waals surface area contributed by atoms with Crippen molar-refractivity contribution in [3.63, 3.8) is 0 Å². The molecule has 3 rings (SSSR count). The van der Waals surface area contributed by atoms with Crippen LogP contribution in [-0.2, 0) is 21.3 Å². The van der Waals surface area contributed by atoms with Gasteiger partial charge in [-0.1, -0.05) is 0 Å². The molecule has 1 unspecified atom stereocenters. The van der Waals surface area contributed by atoms with Gasteiger partial charge in [-0.3, -0.25) is 4.79 Å². The van der Waals surface area contributed by atoms with Crippen molar-refractivity contribution in [2.75, 3.05) is 13.1 Å². The first-order chi connectivity index (χ1) is 8.05. The van der Waals surface area contributed by atoms with Crippen LogP contribution in [0.5, 0.6) is 0 Å². The number of nitrogens with zero attached hydrogens (tertiary/aromatic N) is 1. The number of hydrogen-bond donors (Lipinski definition) is 2. The third kappa shape index (κ3) is 1.89. The summed E-state index contributed by atoms with van der Waals surface area (Å²) in [7, 11) is -3.17. The highest BCUT2D eigenvalue weighted by atomic mass is 32.2. The van der Waals surface area contributed by atoms with Crippen LogP contribution in [0.4, 0.5) is 0 Å². The van der Waals surface area contributed by atoms with E-state index in [1.807, 2.05) is 0 Å². The fraction of sp³-hybridized carbons (Fsp3) is 0.600. The zero-order chi connectivity index (χ0) is 12.0. The van der Waals surface area contributed by atoms with Gasteiger partial charge < -0.3 is 10.3 Å². The van der Waals surface area contributed by atoms with E-state index < -0.39 is 9.84 Å². The molecule has 1 aromatic rings. The number of nitrogens with one attached hydrogen (secondary N) is 2. The fourth-order valence-corrected chi connectivity index (χ4v) is 3.89. The first-order valence-corrected chi connectivity index (χ1v) is 7.40. The average molecular weight is 255 g/mol. The molecule has 1 fully saturated rings. The number of H-pyrrole nitrogens is 1. The minimum absolute atomic E-state index is 0.0978. The molecule has 7 heteroatoms. The van der Waals surface area contributed by atoms with Crippen molar-refractivity contribution in [1.82, 2.24) is 15.3 Å². The summed E-state index contributed by atoms with van der Waals surface area (Å²) in [6.07, 6.45) is 0.925. The molecule has 1 aromatic heterocycles. The highest BCUT2D eigenvalue weighted by molar-refractivity contribution is 7.90. The Kier molecular flexibility index (Phi) is 2.34. The number of sulfone groups is 1. The Bertz CT molecular complexity index is 614.